The lowest BCUT2D eigenvalue weighted by molar-refractivity contribution is -0.141. The van der Waals surface area contributed by atoms with Crippen molar-refractivity contribution in [2.45, 2.75) is 31.1 Å². The average molecular weight is 431 g/mol. The molecule has 1 aromatic heterocycles. The summed E-state index contributed by atoms with van der Waals surface area (Å²) in [5.74, 6) is -0.742. The quantitative estimate of drug-likeness (QED) is 0.646. The number of alkyl halides is 3. The van der Waals surface area contributed by atoms with Crippen LogP contribution in [0.15, 0.2) is 35.5 Å². The van der Waals surface area contributed by atoms with Gasteiger partial charge in [-0.3, -0.25) is 4.79 Å². The Kier molecular flexibility index (Phi) is 7.17. The maximum atomic E-state index is 13.3. The Balaban J connectivity index is 2.40. The van der Waals surface area contributed by atoms with Gasteiger partial charge in [0.1, 0.15) is 11.4 Å². The van der Waals surface area contributed by atoms with Gasteiger partial charge in [0.05, 0.1) is 18.6 Å². The number of halogens is 3. The normalized spacial score (nSPS) is 11.9. The molecule has 1 N–H and O–H groups in total. The topological polar surface area (TPSA) is 98.2 Å². The first-order valence-electron chi connectivity index (χ1n) is 8.67. The highest BCUT2D eigenvalue weighted by molar-refractivity contribution is 7.91. The summed E-state index contributed by atoms with van der Waals surface area (Å²) in [7, 11) is -2.88. The Morgan fingerprint density at radius 3 is 2.38 bits per heavy atom. The maximum absolute atomic E-state index is 13.3. The van der Waals surface area contributed by atoms with E-state index in [9.17, 15) is 26.4 Å². The van der Waals surface area contributed by atoms with E-state index in [0.29, 0.717) is 24.8 Å². The van der Waals surface area contributed by atoms with Crippen molar-refractivity contribution in [3.63, 3.8) is 0 Å². The predicted octanol–water partition coefficient (Wildman–Crippen LogP) is 2.86. The van der Waals surface area contributed by atoms with Gasteiger partial charge in [0.15, 0.2) is 0 Å². The van der Waals surface area contributed by atoms with Gasteiger partial charge >= 0.3 is 6.18 Å². The lowest BCUT2D eigenvalue weighted by atomic mass is 10.1. The predicted molar refractivity (Wildman–Crippen MR) is 99.0 cm³/mol. The fourth-order valence-electron chi connectivity index (χ4n) is 2.29. The van der Waals surface area contributed by atoms with Crippen LogP contribution in [0.2, 0.25) is 0 Å². The summed E-state index contributed by atoms with van der Waals surface area (Å²) in [6.07, 6.45) is -4.60. The Bertz CT molecular complexity index is 961. The van der Waals surface area contributed by atoms with Crippen molar-refractivity contribution >= 4 is 15.7 Å². The van der Waals surface area contributed by atoms with Crippen molar-refractivity contribution < 1.29 is 31.1 Å². The number of amides is 1. The molecule has 2 aromatic rings. The van der Waals surface area contributed by atoms with Crippen LogP contribution in [0.4, 0.5) is 13.2 Å². The molecular formula is C18H20F3N3O4S. The number of hydrogen-bond donors (Lipinski definition) is 1. The van der Waals surface area contributed by atoms with Gasteiger partial charge in [-0.25, -0.2) is 18.4 Å². The van der Waals surface area contributed by atoms with Crippen LogP contribution >= 0.6 is 0 Å². The molecular weight excluding hydrogens is 411 g/mol. The first kappa shape index (κ1) is 22.6. The molecule has 0 aliphatic heterocycles. The highest BCUT2D eigenvalue weighted by atomic mass is 32.2. The van der Waals surface area contributed by atoms with Gasteiger partial charge in [0.2, 0.25) is 20.9 Å². The standard InChI is InChI=1S/C18H20F3N3O4S/c1-3-9-22-16(25)8-10-29(26,27)17-23-14(11-15(24-17)18(19,20)21)12-4-6-13(28-2)7-5-12/h4-7,11H,3,8-10H2,1-2H3,(H,22,25). The van der Waals surface area contributed by atoms with E-state index in [1.807, 2.05) is 6.92 Å². The lowest BCUT2D eigenvalue weighted by Gasteiger charge is -2.11. The first-order valence-corrected chi connectivity index (χ1v) is 10.3. The minimum absolute atomic E-state index is 0.205. The number of methoxy groups -OCH3 is 1. The minimum atomic E-state index is -4.87. The van der Waals surface area contributed by atoms with Crippen LogP contribution in [0.25, 0.3) is 11.3 Å². The van der Waals surface area contributed by atoms with Crippen LogP contribution in [0, 0.1) is 0 Å². The highest BCUT2D eigenvalue weighted by Crippen LogP contribution is 2.31. The van der Waals surface area contributed by atoms with Crippen molar-refractivity contribution in [2.75, 3.05) is 19.4 Å². The zero-order valence-corrected chi connectivity index (χ0v) is 16.6. The minimum Gasteiger partial charge on any atom is -0.497 e. The number of benzene rings is 1. The van der Waals surface area contributed by atoms with Crippen LogP contribution in [0.1, 0.15) is 25.5 Å². The van der Waals surface area contributed by atoms with Crippen molar-refractivity contribution in [2.24, 2.45) is 0 Å². The SMILES string of the molecule is CCCNC(=O)CCS(=O)(=O)c1nc(-c2ccc(OC)cc2)cc(C(F)(F)F)n1. The molecule has 0 saturated heterocycles. The Morgan fingerprint density at radius 1 is 1.17 bits per heavy atom. The molecule has 1 aromatic carbocycles. The zero-order valence-electron chi connectivity index (χ0n) is 15.8. The Morgan fingerprint density at radius 2 is 1.83 bits per heavy atom. The zero-order chi connectivity index (χ0) is 21.7. The fourth-order valence-corrected chi connectivity index (χ4v) is 3.40. The van der Waals surface area contributed by atoms with Gasteiger partial charge in [-0.15, -0.1) is 0 Å². The van der Waals surface area contributed by atoms with Crippen molar-refractivity contribution in [1.82, 2.24) is 15.3 Å². The van der Waals surface area contributed by atoms with E-state index >= 15 is 0 Å². The third-order valence-electron chi connectivity index (χ3n) is 3.83. The van der Waals surface area contributed by atoms with Gasteiger partial charge in [0.25, 0.3) is 0 Å². The molecule has 0 atom stereocenters. The number of aromatic nitrogens is 2. The molecule has 7 nitrogen and oxygen atoms in total. The molecule has 0 aliphatic rings. The summed E-state index contributed by atoms with van der Waals surface area (Å²) in [6.45, 7) is 2.20. The summed E-state index contributed by atoms with van der Waals surface area (Å²) < 4.78 is 69.7. The molecule has 0 aliphatic carbocycles. The van der Waals surface area contributed by atoms with Gasteiger partial charge in [0, 0.05) is 18.5 Å². The van der Waals surface area contributed by atoms with Gasteiger partial charge in [-0.2, -0.15) is 13.2 Å². The number of sulfone groups is 1. The van der Waals surface area contributed by atoms with Crippen LogP contribution in [0.5, 0.6) is 5.75 Å². The van der Waals surface area contributed by atoms with Crippen LogP contribution < -0.4 is 10.1 Å². The fraction of sp³-hybridized carbons (Fsp3) is 0.389. The van der Waals surface area contributed by atoms with Crippen molar-refractivity contribution in [3.05, 3.63) is 36.0 Å². The van der Waals surface area contributed by atoms with E-state index in [4.69, 9.17) is 4.74 Å². The van der Waals surface area contributed by atoms with E-state index in [0.717, 1.165) is 0 Å². The van der Waals surface area contributed by atoms with E-state index in [2.05, 4.69) is 15.3 Å². The molecule has 0 unspecified atom stereocenters. The third kappa shape index (κ3) is 6.14. The highest BCUT2D eigenvalue weighted by Gasteiger charge is 2.35. The number of hydrogen-bond acceptors (Lipinski definition) is 6. The number of carbonyl (C=O) groups is 1. The second-order valence-electron chi connectivity index (χ2n) is 6.07. The summed E-state index contributed by atoms with van der Waals surface area (Å²) in [5.41, 5.74) is -1.33. The molecule has 2 rings (SSSR count). The molecule has 11 heteroatoms. The van der Waals surface area contributed by atoms with Crippen molar-refractivity contribution in [1.29, 1.82) is 0 Å². The molecule has 0 spiro atoms. The lowest BCUT2D eigenvalue weighted by Crippen LogP contribution is -2.26. The molecule has 1 amide bonds. The third-order valence-corrected chi connectivity index (χ3v) is 5.31. The van der Waals surface area contributed by atoms with Gasteiger partial charge in [-0.05, 0) is 36.8 Å². The number of carbonyl (C=O) groups excluding carboxylic acids is 1. The first-order chi connectivity index (χ1) is 13.6. The smallest absolute Gasteiger partial charge is 0.433 e. The molecule has 0 saturated carbocycles. The molecule has 0 fully saturated rings. The second kappa shape index (κ2) is 9.21. The van der Waals surface area contributed by atoms with Gasteiger partial charge < -0.3 is 10.1 Å². The molecule has 0 radical (unpaired) electrons. The Labute approximate surface area is 166 Å². The summed E-state index contributed by atoms with van der Waals surface area (Å²) in [5, 5.41) is 1.53. The summed E-state index contributed by atoms with van der Waals surface area (Å²) in [6, 6.07) is 6.61. The summed E-state index contributed by atoms with van der Waals surface area (Å²) >= 11 is 0. The molecule has 158 valence electrons. The molecule has 1 heterocycles. The number of nitrogens with one attached hydrogen (secondary N) is 1. The molecule has 0 bridgehead atoms. The van der Waals surface area contributed by atoms with E-state index in [1.165, 1.54) is 31.4 Å². The largest absolute Gasteiger partial charge is 0.497 e. The number of nitrogens with zero attached hydrogens (tertiary/aromatic N) is 2. The average Bonchev–Trinajstić information content (AvgIpc) is 2.69. The van der Waals surface area contributed by atoms with Crippen LogP contribution in [0.3, 0.4) is 0 Å². The second-order valence-corrected chi connectivity index (χ2v) is 8.07. The van der Waals surface area contributed by atoms with E-state index in [-0.39, 0.29) is 11.3 Å². The monoisotopic (exact) mass is 431 g/mol. The van der Waals surface area contributed by atoms with Crippen LogP contribution in [-0.2, 0) is 20.8 Å². The van der Waals surface area contributed by atoms with Crippen molar-refractivity contribution in [3.8, 4) is 17.0 Å². The summed E-state index contributed by atoms with van der Waals surface area (Å²) in [4.78, 5) is 18.7. The number of rotatable bonds is 8. The van der Waals surface area contributed by atoms with Gasteiger partial charge in [-0.1, -0.05) is 6.92 Å². The maximum Gasteiger partial charge on any atom is 0.433 e. The van der Waals surface area contributed by atoms with E-state index < -0.39 is 44.9 Å². The van der Waals surface area contributed by atoms with E-state index in [1.54, 1.807) is 0 Å². The van der Waals surface area contributed by atoms with Crippen LogP contribution in [-0.4, -0.2) is 43.7 Å². The molecule has 29 heavy (non-hydrogen) atoms. The number of ether oxygens (including phenoxy) is 1. The Hall–Kier alpha value is -2.69.